The molecule has 0 aliphatic heterocycles. The molecule has 0 spiro atoms. The lowest BCUT2D eigenvalue weighted by Crippen LogP contribution is -2.29. The number of rotatable bonds is 39. The Hall–Kier alpha value is -1.29. The van der Waals surface area contributed by atoms with E-state index in [2.05, 4.69) is 30.5 Å². The van der Waals surface area contributed by atoms with E-state index in [4.69, 9.17) is 19.1 Å². The van der Waals surface area contributed by atoms with E-state index in [-0.39, 0.29) is 19.4 Å². The van der Waals surface area contributed by atoms with E-state index in [1.54, 1.807) is 0 Å². The van der Waals surface area contributed by atoms with Gasteiger partial charge in [0.05, 0.1) is 19.8 Å². The normalized spacial score (nSPS) is 14.1. The van der Waals surface area contributed by atoms with E-state index in [1.807, 2.05) is 0 Å². The van der Waals surface area contributed by atoms with Gasteiger partial charge in [0.25, 0.3) is 0 Å². The second-order valence-electron chi connectivity index (χ2n) is 14.0. The van der Waals surface area contributed by atoms with E-state index in [1.165, 1.54) is 109 Å². The number of aliphatic hydroxyl groups excluding tert-OH is 2. The average molecular weight is 749 g/mol. The molecule has 0 heterocycles. The fourth-order valence-electron chi connectivity index (χ4n) is 5.69. The molecule has 0 saturated carbocycles. The average Bonchev–Trinajstić information content (AvgIpc) is 3.12. The van der Waals surface area contributed by atoms with Crippen molar-refractivity contribution in [3.05, 3.63) is 12.2 Å². The molecule has 3 unspecified atom stereocenters. The van der Waals surface area contributed by atoms with E-state index in [0.717, 1.165) is 44.9 Å². The summed E-state index contributed by atoms with van der Waals surface area (Å²) in [5.41, 5.74) is 0. The van der Waals surface area contributed by atoms with Gasteiger partial charge in [-0.3, -0.25) is 18.6 Å². The fourth-order valence-corrected chi connectivity index (χ4v) is 6.48. The predicted octanol–water partition coefficient (Wildman–Crippen LogP) is 10.4. The van der Waals surface area contributed by atoms with Gasteiger partial charge in [0.15, 0.2) is 6.10 Å². The number of phosphoric ester groups is 1. The third kappa shape index (κ3) is 36.8. The maximum Gasteiger partial charge on any atom is 0.472 e. The SMILES string of the molecule is CCCCCCC=CCCCCCCCCCC(=O)OCC(COP(=O)(O)OCC(O)CO)OC(=O)CCCCCCCCCCCCCCC. The van der Waals surface area contributed by atoms with Crippen molar-refractivity contribution in [3.63, 3.8) is 0 Å². The Morgan fingerprint density at radius 3 is 1.43 bits per heavy atom. The van der Waals surface area contributed by atoms with Crippen molar-refractivity contribution in [1.29, 1.82) is 0 Å². The first-order valence-electron chi connectivity index (χ1n) is 20.6. The van der Waals surface area contributed by atoms with Gasteiger partial charge < -0.3 is 24.6 Å². The molecule has 3 N–H and O–H groups in total. The third-order valence-electron chi connectivity index (χ3n) is 8.92. The highest BCUT2D eigenvalue weighted by Crippen LogP contribution is 2.43. The standard InChI is InChI=1S/C40H77O10P/c1-3-5-7-9-11-13-15-17-18-20-21-23-25-27-29-31-39(43)47-35-38(36-49-51(45,46)48-34-37(42)33-41)50-40(44)32-30-28-26-24-22-19-16-14-12-10-8-6-4-2/h13,15,37-38,41-42H,3-12,14,16-36H2,1-2H3,(H,45,46). The van der Waals surface area contributed by atoms with E-state index >= 15 is 0 Å². The van der Waals surface area contributed by atoms with Gasteiger partial charge in [0.1, 0.15) is 12.7 Å². The molecule has 3 atom stereocenters. The fraction of sp³-hybridized carbons (Fsp3) is 0.900. The number of carbonyl (C=O) groups excluding carboxylic acids is 2. The van der Waals surface area contributed by atoms with Crippen molar-refractivity contribution in [3.8, 4) is 0 Å². The van der Waals surface area contributed by atoms with Crippen molar-refractivity contribution in [1.82, 2.24) is 0 Å². The van der Waals surface area contributed by atoms with Crippen LogP contribution in [0.3, 0.4) is 0 Å². The van der Waals surface area contributed by atoms with Crippen LogP contribution in [0.5, 0.6) is 0 Å². The first-order chi connectivity index (χ1) is 24.7. The maximum absolute atomic E-state index is 12.6. The summed E-state index contributed by atoms with van der Waals surface area (Å²) >= 11 is 0. The number of hydrogen-bond donors (Lipinski definition) is 3. The van der Waals surface area contributed by atoms with Crippen molar-refractivity contribution in [2.45, 2.75) is 206 Å². The topological polar surface area (TPSA) is 149 Å². The highest BCUT2D eigenvalue weighted by Gasteiger charge is 2.27. The molecule has 0 radical (unpaired) electrons. The Kier molecular flexibility index (Phi) is 36.1. The molecule has 302 valence electrons. The quantitative estimate of drug-likeness (QED) is 0.0240. The Labute approximate surface area is 311 Å². The smallest absolute Gasteiger partial charge is 0.462 e. The van der Waals surface area contributed by atoms with Crippen molar-refractivity contribution in [2.75, 3.05) is 26.4 Å². The summed E-state index contributed by atoms with van der Waals surface area (Å²) in [5.74, 6) is -0.922. The van der Waals surface area contributed by atoms with Crippen LogP contribution >= 0.6 is 7.82 Å². The summed E-state index contributed by atoms with van der Waals surface area (Å²) in [7, 11) is -4.61. The molecule has 0 aromatic carbocycles. The summed E-state index contributed by atoms with van der Waals surface area (Å²) in [6.07, 6.45) is 33.1. The number of phosphoric acid groups is 1. The lowest BCUT2D eigenvalue weighted by molar-refractivity contribution is -0.161. The van der Waals surface area contributed by atoms with Gasteiger partial charge in [-0.05, 0) is 38.5 Å². The first kappa shape index (κ1) is 49.7. The maximum atomic E-state index is 12.6. The lowest BCUT2D eigenvalue weighted by atomic mass is 10.0. The Balaban J connectivity index is 4.30. The summed E-state index contributed by atoms with van der Waals surface area (Å²) in [6.45, 7) is 2.37. The van der Waals surface area contributed by atoms with Crippen LogP contribution in [0.1, 0.15) is 194 Å². The number of hydrogen-bond acceptors (Lipinski definition) is 9. The lowest BCUT2D eigenvalue weighted by Gasteiger charge is -2.20. The van der Waals surface area contributed by atoms with Gasteiger partial charge in [-0.2, -0.15) is 0 Å². The predicted molar refractivity (Wildman–Crippen MR) is 205 cm³/mol. The minimum atomic E-state index is -4.61. The van der Waals surface area contributed by atoms with Gasteiger partial charge in [-0.15, -0.1) is 0 Å². The van der Waals surface area contributed by atoms with Crippen LogP contribution in [0.15, 0.2) is 12.2 Å². The van der Waals surface area contributed by atoms with E-state index in [9.17, 15) is 24.2 Å². The molecule has 10 nitrogen and oxygen atoms in total. The van der Waals surface area contributed by atoms with Crippen LogP contribution in [0.4, 0.5) is 0 Å². The highest BCUT2D eigenvalue weighted by atomic mass is 31.2. The molecule has 11 heteroatoms. The van der Waals surface area contributed by atoms with E-state index in [0.29, 0.717) is 12.8 Å². The monoisotopic (exact) mass is 749 g/mol. The van der Waals surface area contributed by atoms with Gasteiger partial charge in [-0.25, -0.2) is 4.57 Å². The van der Waals surface area contributed by atoms with Gasteiger partial charge >= 0.3 is 19.8 Å². The second-order valence-corrected chi connectivity index (χ2v) is 15.5. The van der Waals surface area contributed by atoms with Crippen molar-refractivity contribution in [2.24, 2.45) is 0 Å². The highest BCUT2D eigenvalue weighted by molar-refractivity contribution is 7.47. The third-order valence-corrected chi connectivity index (χ3v) is 9.87. The first-order valence-corrected chi connectivity index (χ1v) is 22.1. The number of aliphatic hydroxyl groups is 2. The molecule has 0 aliphatic rings. The summed E-state index contributed by atoms with van der Waals surface area (Å²) in [5, 5.41) is 18.3. The van der Waals surface area contributed by atoms with E-state index < -0.39 is 51.8 Å². The summed E-state index contributed by atoms with van der Waals surface area (Å²) in [4.78, 5) is 34.9. The molecule has 0 fully saturated rings. The van der Waals surface area contributed by atoms with Crippen LogP contribution in [0.2, 0.25) is 0 Å². The molecule has 0 amide bonds. The van der Waals surface area contributed by atoms with Crippen LogP contribution in [-0.2, 0) is 32.7 Å². The second kappa shape index (κ2) is 37.0. The van der Waals surface area contributed by atoms with Crippen LogP contribution < -0.4 is 0 Å². The number of allylic oxidation sites excluding steroid dienone is 2. The molecular formula is C40H77O10P. The molecule has 0 aromatic heterocycles. The van der Waals surface area contributed by atoms with Gasteiger partial charge in [0, 0.05) is 12.8 Å². The zero-order chi connectivity index (χ0) is 37.7. The Morgan fingerprint density at radius 2 is 0.961 bits per heavy atom. The molecule has 0 rings (SSSR count). The molecule has 0 bridgehead atoms. The van der Waals surface area contributed by atoms with Crippen LogP contribution in [0, 0.1) is 0 Å². The molecule has 51 heavy (non-hydrogen) atoms. The number of unbranched alkanes of at least 4 members (excludes halogenated alkanes) is 23. The Bertz CT molecular complexity index is 868. The molecular weight excluding hydrogens is 671 g/mol. The van der Waals surface area contributed by atoms with Gasteiger partial charge in [0.2, 0.25) is 0 Å². The Morgan fingerprint density at radius 1 is 0.569 bits per heavy atom. The van der Waals surface area contributed by atoms with Crippen LogP contribution in [-0.4, -0.2) is 65.7 Å². The summed E-state index contributed by atoms with van der Waals surface area (Å²) < 4.78 is 32.6. The van der Waals surface area contributed by atoms with Crippen molar-refractivity contribution < 1.29 is 47.8 Å². The minimum Gasteiger partial charge on any atom is -0.462 e. The molecule has 0 saturated heterocycles. The largest absolute Gasteiger partial charge is 0.472 e. The zero-order valence-electron chi connectivity index (χ0n) is 32.6. The molecule has 0 aliphatic carbocycles. The van der Waals surface area contributed by atoms with Crippen LogP contribution in [0.25, 0.3) is 0 Å². The molecule has 0 aromatic rings. The number of carbonyl (C=O) groups is 2. The van der Waals surface area contributed by atoms with Crippen molar-refractivity contribution >= 4 is 19.8 Å². The number of esters is 2. The van der Waals surface area contributed by atoms with Gasteiger partial charge in [-0.1, -0.05) is 154 Å². The minimum absolute atomic E-state index is 0.189. The summed E-state index contributed by atoms with van der Waals surface area (Å²) in [6, 6.07) is 0. The zero-order valence-corrected chi connectivity index (χ0v) is 33.5. The number of ether oxygens (including phenoxy) is 2.